The zero-order chi connectivity index (χ0) is 12.4. The van der Waals surface area contributed by atoms with E-state index in [1.807, 2.05) is 13.0 Å². The molecule has 0 amide bonds. The number of fused-ring (bicyclic) bond motifs is 1. The Morgan fingerprint density at radius 3 is 2.94 bits per heavy atom. The van der Waals surface area contributed by atoms with Crippen LogP contribution in [0.3, 0.4) is 0 Å². The molecule has 17 heavy (non-hydrogen) atoms. The first-order valence-electron chi connectivity index (χ1n) is 6.06. The van der Waals surface area contributed by atoms with Gasteiger partial charge in [-0.3, -0.25) is 4.79 Å². The summed E-state index contributed by atoms with van der Waals surface area (Å²) in [5, 5.41) is 9.97. The highest BCUT2D eigenvalue weighted by Crippen LogP contribution is 2.32. The number of ketones is 1. The number of methoxy groups -OCH3 is 1. The molecule has 0 radical (unpaired) electrons. The van der Waals surface area contributed by atoms with Crippen LogP contribution in [0, 0.1) is 5.92 Å². The van der Waals surface area contributed by atoms with Crippen molar-refractivity contribution < 1.29 is 14.6 Å². The van der Waals surface area contributed by atoms with Crippen LogP contribution in [-0.4, -0.2) is 24.1 Å². The lowest BCUT2D eigenvalue weighted by Gasteiger charge is -2.15. The summed E-state index contributed by atoms with van der Waals surface area (Å²) in [5.74, 6) is 0.572. The van der Waals surface area contributed by atoms with Gasteiger partial charge in [0.05, 0.1) is 19.1 Å². The molecular formula is C14H18O3. The summed E-state index contributed by atoms with van der Waals surface area (Å²) >= 11 is 0. The Kier molecular flexibility index (Phi) is 3.48. The number of benzene rings is 1. The van der Waals surface area contributed by atoms with Gasteiger partial charge in [0, 0.05) is 5.56 Å². The Bertz CT molecular complexity index is 425. The van der Waals surface area contributed by atoms with Crippen molar-refractivity contribution in [1.82, 2.24) is 0 Å². The fourth-order valence-electron chi connectivity index (χ4n) is 2.44. The van der Waals surface area contributed by atoms with Gasteiger partial charge >= 0.3 is 0 Å². The fourth-order valence-corrected chi connectivity index (χ4v) is 2.44. The molecule has 2 atom stereocenters. The topological polar surface area (TPSA) is 46.5 Å². The van der Waals surface area contributed by atoms with E-state index in [-0.39, 0.29) is 11.7 Å². The molecule has 92 valence electrons. The summed E-state index contributed by atoms with van der Waals surface area (Å²) in [4.78, 5) is 12.1. The van der Waals surface area contributed by atoms with Crippen molar-refractivity contribution in [2.24, 2.45) is 5.92 Å². The SMILES string of the molecule is CCCC(O)C1Cc2cc(OC)ccc2C1=O. The van der Waals surface area contributed by atoms with E-state index in [1.165, 1.54) is 0 Å². The molecule has 1 aliphatic carbocycles. The molecule has 0 aromatic heterocycles. The van der Waals surface area contributed by atoms with Crippen molar-refractivity contribution in [3.05, 3.63) is 29.3 Å². The summed E-state index contributed by atoms with van der Waals surface area (Å²) in [5.41, 5.74) is 1.74. The largest absolute Gasteiger partial charge is 0.497 e. The van der Waals surface area contributed by atoms with Gasteiger partial charge in [-0.15, -0.1) is 0 Å². The van der Waals surface area contributed by atoms with Gasteiger partial charge in [0.25, 0.3) is 0 Å². The Labute approximate surface area is 101 Å². The summed E-state index contributed by atoms with van der Waals surface area (Å²) in [7, 11) is 1.61. The van der Waals surface area contributed by atoms with Crippen molar-refractivity contribution in [1.29, 1.82) is 0 Å². The number of hydrogen-bond donors (Lipinski definition) is 1. The Morgan fingerprint density at radius 2 is 2.29 bits per heavy atom. The van der Waals surface area contributed by atoms with Gasteiger partial charge in [-0.25, -0.2) is 0 Å². The second-order valence-corrected chi connectivity index (χ2v) is 4.55. The number of ether oxygens (including phenoxy) is 1. The molecule has 0 fully saturated rings. The Hall–Kier alpha value is -1.35. The van der Waals surface area contributed by atoms with Gasteiger partial charge in [-0.1, -0.05) is 13.3 Å². The smallest absolute Gasteiger partial charge is 0.169 e. The monoisotopic (exact) mass is 234 g/mol. The van der Waals surface area contributed by atoms with Crippen LogP contribution in [0.15, 0.2) is 18.2 Å². The van der Waals surface area contributed by atoms with Crippen molar-refractivity contribution >= 4 is 5.78 Å². The van der Waals surface area contributed by atoms with E-state index in [0.717, 1.165) is 23.3 Å². The first-order valence-corrected chi connectivity index (χ1v) is 6.06. The Balaban J connectivity index is 2.23. The average molecular weight is 234 g/mol. The minimum atomic E-state index is -0.522. The lowest BCUT2D eigenvalue weighted by molar-refractivity contribution is 0.0683. The Morgan fingerprint density at radius 1 is 1.53 bits per heavy atom. The van der Waals surface area contributed by atoms with Crippen molar-refractivity contribution in [2.45, 2.75) is 32.3 Å². The molecule has 0 saturated heterocycles. The normalized spacial score (nSPS) is 20.2. The number of carbonyl (C=O) groups is 1. The first-order chi connectivity index (χ1) is 8.17. The average Bonchev–Trinajstić information content (AvgIpc) is 2.66. The minimum absolute atomic E-state index is 0.0728. The number of Topliss-reactive ketones (excluding diaryl/α,β-unsaturated/α-hetero) is 1. The maximum atomic E-state index is 12.1. The number of hydrogen-bond acceptors (Lipinski definition) is 3. The maximum Gasteiger partial charge on any atom is 0.169 e. The molecule has 2 rings (SSSR count). The standard InChI is InChI=1S/C14H18O3/c1-3-4-13(15)12-8-9-7-10(17-2)5-6-11(9)14(12)16/h5-7,12-13,15H,3-4,8H2,1-2H3. The predicted octanol–water partition coefficient (Wildman–Crippen LogP) is 2.21. The lowest BCUT2D eigenvalue weighted by atomic mass is 9.95. The molecule has 1 aromatic rings. The molecule has 1 N–H and O–H groups in total. The quantitative estimate of drug-likeness (QED) is 0.868. The number of aliphatic hydroxyl groups excluding tert-OH is 1. The van der Waals surface area contributed by atoms with Crippen LogP contribution in [0.4, 0.5) is 0 Å². The van der Waals surface area contributed by atoms with E-state index >= 15 is 0 Å². The van der Waals surface area contributed by atoms with E-state index < -0.39 is 6.10 Å². The van der Waals surface area contributed by atoms with Gasteiger partial charge < -0.3 is 9.84 Å². The summed E-state index contributed by atoms with van der Waals surface area (Å²) in [6.07, 6.45) is 1.68. The summed E-state index contributed by atoms with van der Waals surface area (Å²) in [6.45, 7) is 2.01. The molecule has 0 aliphatic heterocycles. The number of carbonyl (C=O) groups excluding carboxylic acids is 1. The lowest BCUT2D eigenvalue weighted by Crippen LogP contribution is -2.25. The predicted molar refractivity (Wildman–Crippen MR) is 65.4 cm³/mol. The molecule has 2 unspecified atom stereocenters. The molecule has 0 spiro atoms. The molecule has 1 aliphatic rings. The van der Waals surface area contributed by atoms with Gasteiger partial charge in [0.15, 0.2) is 5.78 Å². The van der Waals surface area contributed by atoms with Crippen LogP contribution in [0.2, 0.25) is 0 Å². The van der Waals surface area contributed by atoms with E-state index in [0.29, 0.717) is 12.8 Å². The third-order valence-electron chi connectivity index (χ3n) is 3.40. The molecule has 0 heterocycles. The molecule has 1 aromatic carbocycles. The van der Waals surface area contributed by atoms with Crippen LogP contribution in [-0.2, 0) is 6.42 Å². The van der Waals surface area contributed by atoms with Crippen molar-refractivity contribution in [2.75, 3.05) is 7.11 Å². The second kappa shape index (κ2) is 4.88. The van der Waals surface area contributed by atoms with E-state index in [1.54, 1.807) is 19.2 Å². The van der Waals surface area contributed by atoms with Crippen LogP contribution >= 0.6 is 0 Å². The highest BCUT2D eigenvalue weighted by molar-refractivity contribution is 6.02. The molecule has 3 nitrogen and oxygen atoms in total. The molecule has 0 saturated carbocycles. The summed E-state index contributed by atoms with van der Waals surface area (Å²) in [6, 6.07) is 5.49. The highest BCUT2D eigenvalue weighted by atomic mass is 16.5. The van der Waals surface area contributed by atoms with E-state index in [9.17, 15) is 9.90 Å². The second-order valence-electron chi connectivity index (χ2n) is 4.55. The van der Waals surface area contributed by atoms with Crippen LogP contribution in [0.25, 0.3) is 0 Å². The fraction of sp³-hybridized carbons (Fsp3) is 0.500. The van der Waals surface area contributed by atoms with E-state index in [2.05, 4.69) is 0 Å². The third kappa shape index (κ3) is 2.20. The van der Waals surface area contributed by atoms with Crippen LogP contribution in [0.1, 0.15) is 35.7 Å². The highest BCUT2D eigenvalue weighted by Gasteiger charge is 2.35. The zero-order valence-electron chi connectivity index (χ0n) is 10.3. The van der Waals surface area contributed by atoms with Gasteiger partial charge in [0.1, 0.15) is 5.75 Å². The molecule has 3 heteroatoms. The maximum absolute atomic E-state index is 12.1. The van der Waals surface area contributed by atoms with Crippen LogP contribution < -0.4 is 4.74 Å². The van der Waals surface area contributed by atoms with Gasteiger partial charge in [-0.2, -0.15) is 0 Å². The number of rotatable bonds is 4. The third-order valence-corrected chi connectivity index (χ3v) is 3.40. The van der Waals surface area contributed by atoms with Gasteiger partial charge in [-0.05, 0) is 36.6 Å². The zero-order valence-corrected chi connectivity index (χ0v) is 10.3. The van der Waals surface area contributed by atoms with Gasteiger partial charge in [0.2, 0.25) is 0 Å². The molecular weight excluding hydrogens is 216 g/mol. The van der Waals surface area contributed by atoms with Crippen molar-refractivity contribution in [3.63, 3.8) is 0 Å². The summed E-state index contributed by atoms with van der Waals surface area (Å²) < 4.78 is 5.14. The minimum Gasteiger partial charge on any atom is -0.497 e. The van der Waals surface area contributed by atoms with Crippen LogP contribution in [0.5, 0.6) is 5.75 Å². The van der Waals surface area contributed by atoms with E-state index in [4.69, 9.17) is 4.74 Å². The first kappa shape index (κ1) is 12.1. The molecule has 0 bridgehead atoms. The number of aliphatic hydroxyl groups is 1. The van der Waals surface area contributed by atoms with Crippen molar-refractivity contribution in [3.8, 4) is 5.75 Å².